The number of amides is 2. The van der Waals surface area contributed by atoms with E-state index in [2.05, 4.69) is 5.32 Å². The van der Waals surface area contributed by atoms with Crippen LogP contribution in [0.2, 0.25) is 0 Å². The smallest absolute Gasteiger partial charge is 0.246 e. The van der Waals surface area contributed by atoms with Crippen molar-refractivity contribution in [3.8, 4) is 0 Å². The van der Waals surface area contributed by atoms with Crippen LogP contribution in [-0.2, 0) is 19.4 Å². The third-order valence-electron chi connectivity index (χ3n) is 4.37. The lowest BCUT2D eigenvalue weighted by Gasteiger charge is -2.46. The second kappa shape index (κ2) is 5.02. The van der Waals surface area contributed by atoms with Crippen molar-refractivity contribution in [2.75, 3.05) is 18.6 Å². The van der Waals surface area contributed by atoms with Crippen LogP contribution in [0, 0.1) is 5.92 Å². The molecule has 1 saturated carbocycles. The van der Waals surface area contributed by atoms with Crippen LogP contribution in [0.4, 0.5) is 0 Å². The molecule has 0 aromatic carbocycles. The maximum atomic E-state index is 12.6. The van der Waals surface area contributed by atoms with Crippen molar-refractivity contribution in [1.82, 2.24) is 10.2 Å². The molecule has 0 bridgehead atoms. The van der Waals surface area contributed by atoms with E-state index in [9.17, 15) is 18.0 Å². The standard InChI is InChI=1S/C13H22N2O4S/c1-4-13(2)12(17)14-10(9-5-6-9)11(16)15(13)7-8-20(3,18)19/h9-10H,4-8H2,1-3H3,(H,14,17). The number of rotatable bonds is 5. The lowest BCUT2D eigenvalue weighted by molar-refractivity contribution is -0.156. The van der Waals surface area contributed by atoms with E-state index in [-0.39, 0.29) is 30.0 Å². The third kappa shape index (κ3) is 2.82. The zero-order valence-electron chi connectivity index (χ0n) is 12.2. The first-order valence-electron chi connectivity index (χ1n) is 6.99. The minimum atomic E-state index is -3.17. The molecule has 0 radical (unpaired) electrons. The van der Waals surface area contributed by atoms with E-state index in [1.807, 2.05) is 6.92 Å². The number of nitrogens with one attached hydrogen (secondary N) is 1. The second-order valence-corrected chi connectivity index (χ2v) is 8.30. The van der Waals surface area contributed by atoms with Gasteiger partial charge >= 0.3 is 0 Å². The van der Waals surface area contributed by atoms with Crippen LogP contribution in [0.1, 0.15) is 33.1 Å². The van der Waals surface area contributed by atoms with Gasteiger partial charge in [0.25, 0.3) is 0 Å². The lowest BCUT2D eigenvalue weighted by atomic mass is 9.89. The lowest BCUT2D eigenvalue weighted by Crippen LogP contribution is -2.70. The van der Waals surface area contributed by atoms with Crippen LogP contribution in [0.25, 0.3) is 0 Å². The number of sulfone groups is 1. The summed E-state index contributed by atoms with van der Waals surface area (Å²) in [6, 6.07) is -0.471. The Kier molecular flexibility index (Phi) is 3.83. The van der Waals surface area contributed by atoms with Crippen molar-refractivity contribution in [3.05, 3.63) is 0 Å². The quantitative estimate of drug-likeness (QED) is 0.771. The van der Waals surface area contributed by atoms with Gasteiger partial charge in [0.05, 0.1) is 5.75 Å². The summed E-state index contributed by atoms with van der Waals surface area (Å²) >= 11 is 0. The molecule has 2 unspecified atom stereocenters. The van der Waals surface area contributed by atoms with Crippen molar-refractivity contribution in [1.29, 1.82) is 0 Å². The molecule has 2 amide bonds. The summed E-state index contributed by atoms with van der Waals surface area (Å²) in [6.07, 6.45) is 3.49. The van der Waals surface area contributed by atoms with Gasteiger partial charge in [0, 0.05) is 12.8 Å². The molecule has 1 aliphatic heterocycles. The molecule has 1 heterocycles. The normalized spacial score (nSPS) is 31.4. The molecule has 0 spiro atoms. The highest BCUT2D eigenvalue weighted by molar-refractivity contribution is 7.90. The maximum Gasteiger partial charge on any atom is 0.246 e. The van der Waals surface area contributed by atoms with Gasteiger partial charge < -0.3 is 10.2 Å². The van der Waals surface area contributed by atoms with Crippen molar-refractivity contribution in [2.24, 2.45) is 5.92 Å². The van der Waals surface area contributed by atoms with Crippen LogP contribution in [0.3, 0.4) is 0 Å². The van der Waals surface area contributed by atoms with E-state index in [4.69, 9.17) is 0 Å². The Bertz CT molecular complexity index is 526. The summed E-state index contributed by atoms with van der Waals surface area (Å²) in [5.41, 5.74) is -0.951. The largest absolute Gasteiger partial charge is 0.342 e. The van der Waals surface area contributed by atoms with Gasteiger partial charge in [-0.05, 0) is 32.1 Å². The Labute approximate surface area is 119 Å². The first-order valence-corrected chi connectivity index (χ1v) is 9.05. The molecule has 2 fully saturated rings. The molecule has 2 rings (SSSR count). The molecule has 0 aromatic rings. The van der Waals surface area contributed by atoms with Gasteiger partial charge in [-0.15, -0.1) is 0 Å². The van der Waals surface area contributed by atoms with Crippen LogP contribution in [0.5, 0.6) is 0 Å². The Hall–Kier alpha value is -1.11. The highest BCUT2D eigenvalue weighted by Gasteiger charge is 2.51. The molecule has 7 heteroatoms. The first kappa shape index (κ1) is 15.3. The fraction of sp³-hybridized carbons (Fsp3) is 0.846. The molecule has 1 N–H and O–H groups in total. The van der Waals surface area contributed by atoms with Crippen LogP contribution < -0.4 is 5.32 Å². The molecule has 1 aliphatic carbocycles. The molecule has 0 aromatic heterocycles. The van der Waals surface area contributed by atoms with Crippen molar-refractivity contribution < 1.29 is 18.0 Å². The fourth-order valence-corrected chi connectivity index (χ4v) is 3.12. The fourth-order valence-electron chi connectivity index (χ4n) is 2.61. The van der Waals surface area contributed by atoms with E-state index in [0.29, 0.717) is 6.42 Å². The summed E-state index contributed by atoms with van der Waals surface area (Å²) in [5.74, 6) is -0.211. The molecule has 2 atom stereocenters. The van der Waals surface area contributed by atoms with Gasteiger partial charge in [-0.25, -0.2) is 8.42 Å². The summed E-state index contributed by atoms with van der Waals surface area (Å²) in [5, 5.41) is 2.82. The molecule has 2 aliphatic rings. The second-order valence-electron chi connectivity index (χ2n) is 6.04. The Morgan fingerprint density at radius 2 is 1.95 bits per heavy atom. The van der Waals surface area contributed by atoms with Gasteiger partial charge in [0.15, 0.2) is 0 Å². The van der Waals surface area contributed by atoms with Gasteiger partial charge in [-0.3, -0.25) is 9.59 Å². The van der Waals surface area contributed by atoms with Crippen LogP contribution >= 0.6 is 0 Å². The van der Waals surface area contributed by atoms with E-state index in [1.165, 1.54) is 4.90 Å². The highest BCUT2D eigenvalue weighted by atomic mass is 32.2. The Morgan fingerprint density at radius 1 is 1.35 bits per heavy atom. The van der Waals surface area contributed by atoms with Crippen molar-refractivity contribution >= 4 is 21.7 Å². The summed E-state index contributed by atoms with van der Waals surface area (Å²) in [6.45, 7) is 3.61. The van der Waals surface area contributed by atoms with Crippen molar-refractivity contribution in [3.63, 3.8) is 0 Å². The summed E-state index contributed by atoms with van der Waals surface area (Å²) in [7, 11) is -3.17. The van der Waals surface area contributed by atoms with Gasteiger partial charge in [-0.1, -0.05) is 6.92 Å². The number of carbonyl (C=O) groups excluding carboxylic acids is 2. The SMILES string of the molecule is CCC1(C)C(=O)NC(C2CC2)C(=O)N1CCS(C)(=O)=O. The van der Waals surface area contributed by atoms with E-state index < -0.39 is 21.4 Å². The molecule has 1 saturated heterocycles. The molecular weight excluding hydrogens is 280 g/mol. The Balaban J connectivity index is 2.24. The van der Waals surface area contributed by atoms with Gasteiger partial charge in [0.1, 0.15) is 21.4 Å². The van der Waals surface area contributed by atoms with Gasteiger partial charge in [0.2, 0.25) is 11.8 Å². The number of hydrogen-bond donors (Lipinski definition) is 1. The summed E-state index contributed by atoms with van der Waals surface area (Å²) in [4.78, 5) is 26.3. The van der Waals surface area contributed by atoms with Gasteiger partial charge in [-0.2, -0.15) is 0 Å². The summed E-state index contributed by atoms with van der Waals surface area (Å²) < 4.78 is 22.7. The van der Waals surface area contributed by atoms with E-state index in [0.717, 1.165) is 19.1 Å². The highest BCUT2D eigenvalue weighted by Crippen LogP contribution is 2.37. The number of nitrogens with zero attached hydrogens (tertiary/aromatic N) is 1. The zero-order valence-corrected chi connectivity index (χ0v) is 13.0. The third-order valence-corrected chi connectivity index (χ3v) is 5.30. The van der Waals surface area contributed by atoms with Crippen LogP contribution in [-0.4, -0.2) is 55.3 Å². The average Bonchev–Trinajstić information content (AvgIpc) is 3.16. The minimum Gasteiger partial charge on any atom is -0.342 e. The predicted octanol–water partition coefficient (Wildman–Crippen LogP) is -0.0633. The van der Waals surface area contributed by atoms with E-state index in [1.54, 1.807) is 6.92 Å². The topological polar surface area (TPSA) is 83.6 Å². The monoisotopic (exact) mass is 302 g/mol. The number of piperazine rings is 1. The number of hydrogen-bond acceptors (Lipinski definition) is 4. The molecular formula is C13H22N2O4S. The minimum absolute atomic E-state index is 0.0820. The van der Waals surface area contributed by atoms with Crippen molar-refractivity contribution in [2.45, 2.75) is 44.7 Å². The molecule has 114 valence electrons. The average molecular weight is 302 g/mol. The zero-order chi connectivity index (χ0) is 15.1. The van der Waals surface area contributed by atoms with E-state index >= 15 is 0 Å². The maximum absolute atomic E-state index is 12.6. The Morgan fingerprint density at radius 3 is 2.40 bits per heavy atom. The number of carbonyl (C=O) groups is 2. The predicted molar refractivity (Wildman–Crippen MR) is 74.8 cm³/mol. The van der Waals surface area contributed by atoms with Crippen LogP contribution in [0.15, 0.2) is 0 Å². The first-order chi connectivity index (χ1) is 9.19. The molecule has 6 nitrogen and oxygen atoms in total. The molecule has 20 heavy (non-hydrogen) atoms.